The van der Waals surface area contributed by atoms with E-state index in [2.05, 4.69) is 6.07 Å². The molecule has 0 unspecified atom stereocenters. The molecule has 1 N–H and O–H groups in total. The minimum Gasteiger partial charge on any atom is -0.493 e. The first kappa shape index (κ1) is 8.30. The van der Waals surface area contributed by atoms with E-state index in [1.54, 1.807) is 0 Å². The van der Waals surface area contributed by atoms with Gasteiger partial charge >= 0.3 is 0 Å². The number of hydrogen-bond donors (Lipinski definition) is 1. The van der Waals surface area contributed by atoms with Crippen molar-refractivity contribution in [3.8, 4) is 5.75 Å². The van der Waals surface area contributed by atoms with E-state index in [1.807, 2.05) is 12.1 Å². The standard InChI is InChI=1S/C12H14O2/c13-12(5-6-12)8-9-2-1-3-11-10(9)4-7-14-11/h1-3,13H,4-8H2. The monoisotopic (exact) mass is 190 g/mol. The van der Waals surface area contributed by atoms with Crippen LogP contribution in [0.5, 0.6) is 5.75 Å². The molecule has 0 aromatic heterocycles. The molecule has 1 aliphatic heterocycles. The lowest BCUT2D eigenvalue weighted by Crippen LogP contribution is -2.11. The second-order valence-electron chi connectivity index (χ2n) is 4.39. The third-order valence-electron chi connectivity index (χ3n) is 3.19. The van der Waals surface area contributed by atoms with Gasteiger partial charge in [-0.2, -0.15) is 0 Å². The van der Waals surface area contributed by atoms with Crippen LogP contribution in [0, 0.1) is 0 Å². The number of rotatable bonds is 2. The van der Waals surface area contributed by atoms with Crippen molar-refractivity contribution in [1.29, 1.82) is 0 Å². The van der Waals surface area contributed by atoms with Gasteiger partial charge in [-0.15, -0.1) is 0 Å². The Bertz CT molecular complexity index is 367. The summed E-state index contributed by atoms with van der Waals surface area (Å²) in [6, 6.07) is 6.15. The lowest BCUT2D eigenvalue weighted by molar-refractivity contribution is 0.150. The topological polar surface area (TPSA) is 29.5 Å². The summed E-state index contributed by atoms with van der Waals surface area (Å²) in [6.45, 7) is 0.796. The molecule has 0 bridgehead atoms. The van der Waals surface area contributed by atoms with Crippen LogP contribution in [0.25, 0.3) is 0 Å². The third kappa shape index (κ3) is 1.30. The molecule has 1 aromatic rings. The zero-order valence-electron chi connectivity index (χ0n) is 8.12. The predicted molar refractivity (Wildman–Crippen MR) is 53.5 cm³/mol. The zero-order valence-corrected chi connectivity index (χ0v) is 8.12. The minimum atomic E-state index is -0.391. The number of benzene rings is 1. The number of ether oxygens (including phenoxy) is 1. The maximum atomic E-state index is 9.87. The summed E-state index contributed by atoms with van der Waals surface area (Å²) in [5.74, 6) is 1.02. The van der Waals surface area contributed by atoms with E-state index in [0.717, 1.165) is 38.0 Å². The van der Waals surface area contributed by atoms with Gasteiger partial charge in [0.25, 0.3) is 0 Å². The van der Waals surface area contributed by atoms with Crippen molar-refractivity contribution in [2.24, 2.45) is 0 Å². The van der Waals surface area contributed by atoms with Gasteiger partial charge in [0.15, 0.2) is 0 Å². The van der Waals surface area contributed by atoms with Crippen molar-refractivity contribution in [3.05, 3.63) is 29.3 Å². The van der Waals surface area contributed by atoms with Gasteiger partial charge in [-0.05, 0) is 24.5 Å². The Labute approximate surface area is 83.5 Å². The summed E-state index contributed by atoms with van der Waals surface area (Å²) in [4.78, 5) is 0. The summed E-state index contributed by atoms with van der Waals surface area (Å²) in [7, 11) is 0. The molecule has 74 valence electrons. The van der Waals surface area contributed by atoms with Crippen molar-refractivity contribution in [2.45, 2.75) is 31.3 Å². The Kier molecular flexibility index (Phi) is 1.62. The highest BCUT2D eigenvalue weighted by Crippen LogP contribution is 2.40. The first-order valence-electron chi connectivity index (χ1n) is 5.23. The molecule has 0 saturated heterocycles. The minimum absolute atomic E-state index is 0.391. The Morgan fingerprint density at radius 1 is 1.36 bits per heavy atom. The molecule has 14 heavy (non-hydrogen) atoms. The lowest BCUT2D eigenvalue weighted by Gasteiger charge is -2.10. The highest BCUT2D eigenvalue weighted by atomic mass is 16.5. The Hall–Kier alpha value is -1.02. The molecule has 0 atom stereocenters. The predicted octanol–water partition coefficient (Wildman–Crippen LogP) is 1.69. The summed E-state index contributed by atoms with van der Waals surface area (Å²) in [5, 5.41) is 9.87. The van der Waals surface area contributed by atoms with Crippen LogP contribution in [0.1, 0.15) is 24.0 Å². The van der Waals surface area contributed by atoms with Gasteiger partial charge in [0, 0.05) is 18.4 Å². The maximum absolute atomic E-state index is 9.87. The van der Waals surface area contributed by atoms with E-state index in [1.165, 1.54) is 11.1 Å². The second kappa shape index (κ2) is 2.74. The maximum Gasteiger partial charge on any atom is 0.122 e. The van der Waals surface area contributed by atoms with Crippen LogP contribution in [-0.4, -0.2) is 17.3 Å². The van der Waals surface area contributed by atoms with E-state index >= 15 is 0 Å². The summed E-state index contributed by atoms with van der Waals surface area (Å²) < 4.78 is 5.49. The smallest absolute Gasteiger partial charge is 0.122 e. The number of hydrogen-bond acceptors (Lipinski definition) is 2. The fourth-order valence-corrected chi connectivity index (χ4v) is 2.13. The van der Waals surface area contributed by atoms with Crippen molar-refractivity contribution in [3.63, 3.8) is 0 Å². The van der Waals surface area contributed by atoms with Crippen molar-refractivity contribution in [2.75, 3.05) is 6.61 Å². The highest BCUT2D eigenvalue weighted by Gasteiger charge is 2.40. The van der Waals surface area contributed by atoms with E-state index in [-0.39, 0.29) is 0 Å². The molecule has 1 heterocycles. The Balaban J connectivity index is 1.94. The van der Waals surface area contributed by atoms with Gasteiger partial charge < -0.3 is 9.84 Å². The van der Waals surface area contributed by atoms with Gasteiger partial charge in [0.2, 0.25) is 0 Å². The first-order chi connectivity index (χ1) is 6.77. The molecule has 0 spiro atoms. The number of aliphatic hydroxyl groups is 1. The normalized spacial score (nSPS) is 21.5. The molecule has 1 aromatic carbocycles. The Morgan fingerprint density at radius 3 is 3.00 bits per heavy atom. The van der Waals surface area contributed by atoms with Gasteiger partial charge in [0.05, 0.1) is 12.2 Å². The average Bonchev–Trinajstić information content (AvgIpc) is 2.73. The molecular formula is C12H14O2. The largest absolute Gasteiger partial charge is 0.493 e. The van der Waals surface area contributed by atoms with Crippen molar-refractivity contribution >= 4 is 0 Å². The molecule has 1 aliphatic carbocycles. The summed E-state index contributed by atoms with van der Waals surface area (Å²) in [6.07, 6.45) is 3.72. The van der Waals surface area contributed by atoms with E-state index in [9.17, 15) is 5.11 Å². The van der Waals surface area contributed by atoms with Gasteiger partial charge in [-0.3, -0.25) is 0 Å². The molecule has 2 heteroatoms. The zero-order chi connectivity index (χ0) is 9.60. The van der Waals surface area contributed by atoms with Crippen LogP contribution in [-0.2, 0) is 12.8 Å². The third-order valence-corrected chi connectivity index (χ3v) is 3.19. The van der Waals surface area contributed by atoms with Crippen LogP contribution < -0.4 is 4.74 Å². The van der Waals surface area contributed by atoms with Crippen LogP contribution >= 0.6 is 0 Å². The van der Waals surface area contributed by atoms with Gasteiger partial charge in [-0.1, -0.05) is 12.1 Å². The second-order valence-corrected chi connectivity index (χ2v) is 4.39. The number of fused-ring (bicyclic) bond motifs is 1. The van der Waals surface area contributed by atoms with Crippen LogP contribution in [0.4, 0.5) is 0 Å². The molecule has 2 aliphatic rings. The quantitative estimate of drug-likeness (QED) is 0.769. The van der Waals surface area contributed by atoms with Crippen LogP contribution in [0.2, 0.25) is 0 Å². The van der Waals surface area contributed by atoms with Crippen molar-refractivity contribution in [1.82, 2.24) is 0 Å². The SMILES string of the molecule is OC1(Cc2cccc3c2CCO3)CC1. The van der Waals surface area contributed by atoms with Crippen LogP contribution in [0.15, 0.2) is 18.2 Å². The molecule has 0 radical (unpaired) electrons. The molecule has 1 fully saturated rings. The lowest BCUT2D eigenvalue weighted by atomic mass is 9.99. The average molecular weight is 190 g/mol. The summed E-state index contributed by atoms with van der Waals surface area (Å²) in [5.41, 5.74) is 2.20. The summed E-state index contributed by atoms with van der Waals surface area (Å²) >= 11 is 0. The van der Waals surface area contributed by atoms with Gasteiger partial charge in [-0.25, -0.2) is 0 Å². The van der Waals surface area contributed by atoms with E-state index in [0.29, 0.717) is 0 Å². The fourth-order valence-electron chi connectivity index (χ4n) is 2.13. The van der Waals surface area contributed by atoms with Crippen LogP contribution in [0.3, 0.4) is 0 Å². The fraction of sp³-hybridized carbons (Fsp3) is 0.500. The molecular weight excluding hydrogens is 176 g/mol. The van der Waals surface area contributed by atoms with Crippen molar-refractivity contribution < 1.29 is 9.84 Å². The van der Waals surface area contributed by atoms with Gasteiger partial charge in [0.1, 0.15) is 5.75 Å². The van der Waals surface area contributed by atoms with E-state index < -0.39 is 5.60 Å². The Morgan fingerprint density at radius 2 is 2.21 bits per heavy atom. The molecule has 0 amide bonds. The molecule has 3 rings (SSSR count). The molecule has 1 saturated carbocycles. The molecule has 2 nitrogen and oxygen atoms in total. The van der Waals surface area contributed by atoms with E-state index in [4.69, 9.17) is 4.74 Å². The first-order valence-corrected chi connectivity index (χ1v) is 5.23. The highest BCUT2D eigenvalue weighted by molar-refractivity contribution is 5.43.